The number of hydrogen-bond donors (Lipinski definition) is 1. The van der Waals surface area contributed by atoms with Gasteiger partial charge in [0.05, 0.1) is 22.2 Å². The number of likely N-dealkylation sites (tertiary alicyclic amines) is 1. The molecule has 2 rings (SSSR count). The third-order valence-corrected chi connectivity index (χ3v) is 4.28. The lowest BCUT2D eigenvalue weighted by molar-refractivity contribution is 0.284. The topological polar surface area (TPSA) is 36.4 Å². The zero-order chi connectivity index (χ0) is 11.4. The zero-order valence-corrected chi connectivity index (χ0v) is 10.7. The minimum absolute atomic E-state index is 0.143. The number of aryl methyl sites for hydroxylation is 1. The van der Waals surface area contributed by atoms with Crippen molar-refractivity contribution in [2.45, 2.75) is 39.2 Å². The van der Waals surface area contributed by atoms with Gasteiger partial charge >= 0.3 is 0 Å². The van der Waals surface area contributed by atoms with E-state index in [1.165, 1.54) is 30.9 Å². The molecule has 0 amide bonds. The van der Waals surface area contributed by atoms with Crippen LogP contribution in [0.4, 0.5) is 0 Å². The van der Waals surface area contributed by atoms with Gasteiger partial charge in [-0.25, -0.2) is 4.98 Å². The molecule has 4 heteroatoms. The third-order valence-electron chi connectivity index (χ3n) is 3.14. The van der Waals surface area contributed by atoms with Gasteiger partial charge in [0.1, 0.15) is 0 Å². The van der Waals surface area contributed by atoms with Crippen molar-refractivity contribution in [1.82, 2.24) is 9.88 Å². The van der Waals surface area contributed by atoms with E-state index >= 15 is 0 Å². The van der Waals surface area contributed by atoms with Crippen LogP contribution in [0.2, 0.25) is 0 Å². The molecule has 0 bridgehead atoms. The van der Waals surface area contributed by atoms with Gasteiger partial charge in [0.25, 0.3) is 0 Å². The van der Waals surface area contributed by atoms with E-state index in [4.69, 9.17) is 0 Å². The van der Waals surface area contributed by atoms with Crippen molar-refractivity contribution in [3.05, 3.63) is 15.6 Å². The minimum atomic E-state index is 0.143. The Balaban J connectivity index is 1.90. The van der Waals surface area contributed by atoms with Crippen molar-refractivity contribution >= 4 is 11.3 Å². The fourth-order valence-corrected chi connectivity index (χ4v) is 3.21. The van der Waals surface area contributed by atoms with Gasteiger partial charge in [-0.3, -0.25) is 0 Å². The normalized spacial score (nSPS) is 17.1. The van der Waals surface area contributed by atoms with E-state index in [2.05, 4.69) is 16.8 Å². The van der Waals surface area contributed by atoms with Crippen LogP contribution >= 0.6 is 11.3 Å². The van der Waals surface area contributed by atoms with Crippen molar-refractivity contribution in [1.29, 1.82) is 0 Å². The van der Waals surface area contributed by atoms with Crippen LogP contribution in [0.5, 0.6) is 0 Å². The Morgan fingerprint density at radius 2 is 2.12 bits per heavy atom. The van der Waals surface area contributed by atoms with Crippen LogP contribution in [-0.4, -0.2) is 34.6 Å². The lowest BCUT2D eigenvalue weighted by Gasteiger charge is -2.12. The Morgan fingerprint density at radius 3 is 2.69 bits per heavy atom. The largest absolute Gasteiger partial charge is 0.391 e. The highest BCUT2D eigenvalue weighted by Gasteiger charge is 2.13. The molecular weight excluding hydrogens is 220 g/mol. The highest BCUT2D eigenvalue weighted by atomic mass is 32.1. The molecule has 0 aromatic carbocycles. The van der Waals surface area contributed by atoms with E-state index in [1.807, 2.05) is 0 Å². The number of aliphatic hydroxyl groups is 1. The average Bonchev–Trinajstić information content (AvgIpc) is 2.95. The van der Waals surface area contributed by atoms with Gasteiger partial charge in [-0.2, -0.15) is 0 Å². The molecule has 16 heavy (non-hydrogen) atoms. The van der Waals surface area contributed by atoms with Crippen molar-refractivity contribution in [2.24, 2.45) is 0 Å². The molecule has 1 aliphatic heterocycles. The zero-order valence-electron chi connectivity index (χ0n) is 9.91. The molecule has 0 aliphatic carbocycles. The fourth-order valence-electron chi connectivity index (χ4n) is 2.20. The van der Waals surface area contributed by atoms with Crippen molar-refractivity contribution in [3.63, 3.8) is 0 Å². The van der Waals surface area contributed by atoms with E-state index in [9.17, 15) is 5.11 Å². The lowest BCUT2D eigenvalue weighted by atomic mass is 10.3. The van der Waals surface area contributed by atoms with Crippen LogP contribution in [0.25, 0.3) is 0 Å². The summed E-state index contributed by atoms with van der Waals surface area (Å²) in [6.07, 6.45) is 4.66. The van der Waals surface area contributed by atoms with E-state index in [-0.39, 0.29) is 6.61 Å². The quantitative estimate of drug-likeness (QED) is 0.853. The van der Waals surface area contributed by atoms with Gasteiger partial charge in [0, 0.05) is 13.0 Å². The summed E-state index contributed by atoms with van der Waals surface area (Å²) < 4.78 is 0. The Kier molecular flexibility index (Phi) is 4.32. The van der Waals surface area contributed by atoms with E-state index < -0.39 is 0 Å². The maximum absolute atomic E-state index is 9.20. The minimum Gasteiger partial charge on any atom is -0.391 e. The monoisotopic (exact) mass is 240 g/mol. The molecular formula is C12H20N2OS. The molecule has 1 N–H and O–H groups in total. The first-order chi connectivity index (χ1) is 7.83. The highest BCUT2D eigenvalue weighted by Crippen LogP contribution is 2.20. The van der Waals surface area contributed by atoms with Crippen molar-refractivity contribution in [2.75, 3.05) is 19.6 Å². The first-order valence-electron chi connectivity index (χ1n) is 6.14. The van der Waals surface area contributed by atoms with Gasteiger partial charge in [-0.15, -0.1) is 11.3 Å². The number of hydrogen-bond acceptors (Lipinski definition) is 4. The molecule has 0 unspecified atom stereocenters. The SMILES string of the molecule is CCc1nc(CCN2CCCC2)sc1CO. The number of thiazole rings is 1. The van der Waals surface area contributed by atoms with Gasteiger partial charge in [-0.1, -0.05) is 6.92 Å². The Labute approximate surface area is 101 Å². The second-order valence-corrected chi connectivity index (χ2v) is 5.46. The van der Waals surface area contributed by atoms with Gasteiger partial charge in [0.15, 0.2) is 0 Å². The molecule has 90 valence electrons. The highest BCUT2D eigenvalue weighted by molar-refractivity contribution is 7.11. The van der Waals surface area contributed by atoms with Gasteiger partial charge in [0.2, 0.25) is 0 Å². The van der Waals surface area contributed by atoms with E-state index in [1.54, 1.807) is 11.3 Å². The van der Waals surface area contributed by atoms with Crippen molar-refractivity contribution < 1.29 is 5.11 Å². The first kappa shape index (κ1) is 12.0. The van der Waals surface area contributed by atoms with Crippen LogP contribution in [0, 0.1) is 0 Å². The maximum Gasteiger partial charge on any atom is 0.0944 e. The predicted octanol–water partition coefficient (Wildman–Crippen LogP) is 1.84. The summed E-state index contributed by atoms with van der Waals surface area (Å²) >= 11 is 1.68. The second kappa shape index (κ2) is 5.75. The molecule has 0 atom stereocenters. The molecule has 2 heterocycles. The summed E-state index contributed by atoms with van der Waals surface area (Å²) in [6.45, 7) is 5.86. The number of aromatic nitrogens is 1. The van der Waals surface area contributed by atoms with Crippen LogP contribution < -0.4 is 0 Å². The summed E-state index contributed by atoms with van der Waals surface area (Å²) in [5.74, 6) is 0. The maximum atomic E-state index is 9.20. The van der Waals surface area contributed by atoms with E-state index in [0.29, 0.717) is 0 Å². The molecule has 0 saturated carbocycles. The summed E-state index contributed by atoms with van der Waals surface area (Å²) in [7, 11) is 0. The smallest absolute Gasteiger partial charge is 0.0944 e. The summed E-state index contributed by atoms with van der Waals surface area (Å²) in [4.78, 5) is 8.15. The standard InChI is InChI=1S/C12H20N2OS/c1-2-10-11(9-15)16-12(13-10)5-8-14-6-3-4-7-14/h15H,2-9H2,1H3. The van der Waals surface area contributed by atoms with E-state index in [0.717, 1.165) is 30.0 Å². The predicted molar refractivity (Wildman–Crippen MR) is 66.8 cm³/mol. The summed E-state index contributed by atoms with van der Waals surface area (Å²) in [5, 5.41) is 10.4. The number of nitrogens with zero attached hydrogens (tertiary/aromatic N) is 2. The van der Waals surface area contributed by atoms with Crippen LogP contribution in [-0.2, 0) is 19.4 Å². The van der Waals surface area contributed by atoms with Crippen LogP contribution in [0.1, 0.15) is 35.3 Å². The van der Waals surface area contributed by atoms with Crippen LogP contribution in [0.3, 0.4) is 0 Å². The first-order valence-corrected chi connectivity index (χ1v) is 6.95. The molecule has 1 aliphatic rings. The molecule has 0 radical (unpaired) electrons. The summed E-state index contributed by atoms with van der Waals surface area (Å²) in [5.41, 5.74) is 1.09. The number of rotatable bonds is 5. The Morgan fingerprint density at radius 1 is 1.38 bits per heavy atom. The van der Waals surface area contributed by atoms with Crippen LogP contribution in [0.15, 0.2) is 0 Å². The number of aliphatic hydroxyl groups excluding tert-OH is 1. The van der Waals surface area contributed by atoms with Gasteiger partial charge < -0.3 is 10.0 Å². The Bertz CT molecular complexity index is 310. The molecule has 3 nitrogen and oxygen atoms in total. The molecule has 1 aromatic rings. The van der Waals surface area contributed by atoms with Gasteiger partial charge in [-0.05, 0) is 32.4 Å². The second-order valence-electron chi connectivity index (χ2n) is 4.29. The third kappa shape index (κ3) is 2.81. The molecule has 1 aromatic heterocycles. The Hall–Kier alpha value is -0.450. The molecule has 0 spiro atoms. The molecule has 1 fully saturated rings. The fraction of sp³-hybridized carbons (Fsp3) is 0.750. The summed E-state index contributed by atoms with van der Waals surface area (Å²) in [6, 6.07) is 0. The van der Waals surface area contributed by atoms with Crippen molar-refractivity contribution in [3.8, 4) is 0 Å². The average molecular weight is 240 g/mol. The molecule has 1 saturated heterocycles. The lowest BCUT2D eigenvalue weighted by Crippen LogP contribution is -2.21.